The van der Waals surface area contributed by atoms with Crippen molar-refractivity contribution < 1.29 is 0 Å². The molecule has 0 aliphatic carbocycles. The Bertz CT molecular complexity index is 487. The lowest BCUT2D eigenvalue weighted by molar-refractivity contribution is 1.03. The number of nitrogens with zero attached hydrogens (tertiary/aromatic N) is 2. The molecule has 0 aliphatic rings. The Morgan fingerprint density at radius 3 is 3.07 bits per heavy atom. The zero-order valence-electron chi connectivity index (χ0n) is 7.95. The number of aryl methyl sites for hydroxylation is 1. The summed E-state index contributed by atoms with van der Waals surface area (Å²) in [5.74, 6) is 0. The van der Waals surface area contributed by atoms with Crippen LogP contribution in [0.4, 0.5) is 0 Å². The van der Waals surface area contributed by atoms with Crippen molar-refractivity contribution in [3.63, 3.8) is 0 Å². The quantitative estimate of drug-likeness (QED) is 0.816. The second kappa shape index (κ2) is 3.38. The van der Waals surface area contributed by atoms with Crippen molar-refractivity contribution in [2.24, 2.45) is 5.73 Å². The second-order valence-corrected chi connectivity index (χ2v) is 4.11. The molecule has 0 saturated heterocycles. The van der Waals surface area contributed by atoms with Gasteiger partial charge in [0.25, 0.3) is 0 Å². The molecule has 2 rings (SSSR count). The molecule has 0 spiro atoms. The summed E-state index contributed by atoms with van der Waals surface area (Å²) >= 11 is 1.63. The number of rotatable bonds is 2. The van der Waals surface area contributed by atoms with Crippen molar-refractivity contribution in [2.45, 2.75) is 13.3 Å². The van der Waals surface area contributed by atoms with E-state index in [1.807, 2.05) is 0 Å². The Kier molecular flexibility index (Phi) is 2.21. The molecular weight excluding hydrogens is 194 g/mol. The van der Waals surface area contributed by atoms with E-state index >= 15 is 0 Å². The first-order valence-corrected chi connectivity index (χ1v) is 5.17. The first kappa shape index (κ1) is 9.15. The molecule has 2 N–H and O–H groups in total. The Morgan fingerprint density at radius 2 is 2.36 bits per heavy atom. The van der Waals surface area contributed by atoms with Crippen molar-refractivity contribution >= 4 is 21.6 Å². The molecule has 0 aliphatic heterocycles. The number of thiophene rings is 1. The zero-order chi connectivity index (χ0) is 10.1. The van der Waals surface area contributed by atoms with Crippen LogP contribution in [-0.4, -0.2) is 9.97 Å². The highest BCUT2D eigenvalue weighted by atomic mass is 32.1. The second-order valence-electron chi connectivity index (χ2n) is 3.25. The van der Waals surface area contributed by atoms with E-state index in [9.17, 15) is 0 Å². The normalized spacial score (nSPS) is 10.6. The predicted octanol–water partition coefficient (Wildman–Crippen LogP) is 2.01. The Balaban J connectivity index is 2.63. The number of fused-ring (bicyclic) bond motifs is 1. The van der Waals surface area contributed by atoms with Crippen LogP contribution in [-0.2, 0) is 6.42 Å². The molecule has 2 heterocycles. The Labute approximate surface area is 86.3 Å². The minimum atomic E-state index is 0.622. The van der Waals surface area contributed by atoms with E-state index < -0.39 is 0 Å². The molecule has 0 saturated carbocycles. The van der Waals surface area contributed by atoms with Crippen LogP contribution in [0.5, 0.6) is 0 Å². The van der Waals surface area contributed by atoms with Crippen molar-refractivity contribution in [1.29, 1.82) is 0 Å². The fourth-order valence-corrected chi connectivity index (χ4v) is 2.35. The molecule has 0 bridgehead atoms. The molecule has 0 fully saturated rings. The van der Waals surface area contributed by atoms with Gasteiger partial charge in [-0.25, -0.2) is 9.97 Å². The molecular formula is C10H11N3S. The lowest BCUT2D eigenvalue weighted by Crippen LogP contribution is -2.02. The van der Waals surface area contributed by atoms with Crippen LogP contribution in [0.3, 0.4) is 0 Å². The standard InChI is InChI=1S/C10H11N3S/c1-6-4-14-10-9(6)8(3-7(2)11)12-5-13-10/h4-5H,2-3,11H2,1H3. The van der Waals surface area contributed by atoms with E-state index in [1.165, 1.54) is 5.56 Å². The van der Waals surface area contributed by atoms with Gasteiger partial charge < -0.3 is 5.73 Å². The number of aromatic nitrogens is 2. The van der Waals surface area contributed by atoms with Crippen LogP contribution in [0, 0.1) is 6.92 Å². The minimum absolute atomic E-state index is 0.622. The topological polar surface area (TPSA) is 51.8 Å². The third-order valence-corrected chi connectivity index (χ3v) is 3.03. The van der Waals surface area contributed by atoms with Gasteiger partial charge in [-0.05, 0) is 17.9 Å². The third kappa shape index (κ3) is 1.48. The van der Waals surface area contributed by atoms with Gasteiger partial charge in [-0.15, -0.1) is 11.3 Å². The van der Waals surface area contributed by atoms with Crippen molar-refractivity contribution in [1.82, 2.24) is 9.97 Å². The summed E-state index contributed by atoms with van der Waals surface area (Å²) in [6.45, 7) is 5.75. The summed E-state index contributed by atoms with van der Waals surface area (Å²) in [4.78, 5) is 9.46. The van der Waals surface area contributed by atoms with Crippen molar-refractivity contribution in [2.75, 3.05) is 0 Å². The number of allylic oxidation sites excluding steroid dienone is 1. The lowest BCUT2D eigenvalue weighted by Gasteiger charge is -2.01. The maximum atomic E-state index is 5.58. The van der Waals surface area contributed by atoms with Gasteiger partial charge in [0.15, 0.2) is 0 Å². The fraction of sp³-hybridized carbons (Fsp3) is 0.200. The van der Waals surface area contributed by atoms with Crippen LogP contribution >= 0.6 is 11.3 Å². The van der Waals surface area contributed by atoms with E-state index in [1.54, 1.807) is 17.7 Å². The van der Waals surface area contributed by atoms with Crippen LogP contribution in [0.2, 0.25) is 0 Å². The Morgan fingerprint density at radius 1 is 1.57 bits per heavy atom. The van der Waals surface area contributed by atoms with Gasteiger partial charge in [-0.1, -0.05) is 6.58 Å². The highest BCUT2D eigenvalue weighted by molar-refractivity contribution is 7.16. The van der Waals surface area contributed by atoms with Crippen LogP contribution < -0.4 is 5.73 Å². The molecule has 0 amide bonds. The third-order valence-electron chi connectivity index (χ3n) is 2.03. The molecule has 3 nitrogen and oxygen atoms in total. The van der Waals surface area contributed by atoms with Gasteiger partial charge in [0.05, 0.1) is 5.69 Å². The van der Waals surface area contributed by atoms with E-state index in [2.05, 4.69) is 28.9 Å². The number of hydrogen-bond acceptors (Lipinski definition) is 4. The molecule has 2 aromatic heterocycles. The summed E-state index contributed by atoms with van der Waals surface area (Å²) < 4.78 is 0. The van der Waals surface area contributed by atoms with E-state index in [0.717, 1.165) is 15.9 Å². The maximum absolute atomic E-state index is 5.58. The summed E-state index contributed by atoms with van der Waals surface area (Å²) in [6, 6.07) is 0. The molecule has 4 heteroatoms. The molecule has 14 heavy (non-hydrogen) atoms. The monoisotopic (exact) mass is 205 g/mol. The molecule has 0 atom stereocenters. The summed E-state index contributed by atoms with van der Waals surface area (Å²) in [5.41, 5.74) is 8.40. The SMILES string of the molecule is C=C(N)Cc1ncnc2scc(C)c12. The summed E-state index contributed by atoms with van der Waals surface area (Å²) in [5, 5.41) is 3.21. The molecule has 0 aromatic carbocycles. The lowest BCUT2D eigenvalue weighted by atomic mass is 10.1. The predicted molar refractivity (Wildman–Crippen MR) is 59.2 cm³/mol. The molecule has 0 radical (unpaired) electrons. The molecule has 0 unspecified atom stereocenters. The fourth-order valence-electron chi connectivity index (χ4n) is 1.44. The van der Waals surface area contributed by atoms with Crippen molar-refractivity contribution in [3.05, 3.63) is 35.2 Å². The Hall–Kier alpha value is -1.42. The average molecular weight is 205 g/mol. The largest absolute Gasteiger partial charge is 0.402 e. The van der Waals surface area contributed by atoms with E-state index in [-0.39, 0.29) is 0 Å². The van der Waals surface area contributed by atoms with Gasteiger partial charge in [0.2, 0.25) is 0 Å². The first-order chi connectivity index (χ1) is 6.68. The highest BCUT2D eigenvalue weighted by Gasteiger charge is 2.08. The van der Waals surface area contributed by atoms with Crippen LogP contribution in [0.15, 0.2) is 24.0 Å². The summed E-state index contributed by atoms with van der Waals surface area (Å²) in [7, 11) is 0. The van der Waals surface area contributed by atoms with E-state index in [4.69, 9.17) is 5.73 Å². The van der Waals surface area contributed by atoms with Gasteiger partial charge in [-0.2, -0.15) is 0 Å². The van der Waals surface area contributed by atoms with E-state index in [0.29, 0.717) is 12.1 Å². The number of nitrogens with two attached hydrogens (primary N) is 1. The van der Waals surface area contributed by atoms with Gasteiger partial charge >= 0.3 is 0 Å². The van der Waals surface area contributed by atoms with Crippen LogP contribution in [0.1, 0.15) is 11.3 Å². The van der Waals surface area contributed by atoms with Gasteiger partial charge in [-0.3, -0.25) is 0 Å². The number of hydrogen-bond donors (Lipinski definition) is 1. The maximum Gasteiger partial charge on any atom is 0.127 e. The first-order valence-electron chi connectivity index (χ1n) is 4.29. The molecule has 2 aromatic rings. The average Bonchev–Trinajstić information content (AvgIpc) is 2.48. The summed E-state index contributed by atoms with van der Waals surface area (Å²) in [6.07, 6.45) is 2.20. The highest BCUT2D eigenvalue weighted by Crippen LogP contribution is 2.25. The molecule has 72 valence electrons. The van der Waals surface area contributed by atoms with Gasteiger partial charge in [0.1, 0.15) is 11.2 Å². The minimum Gasteiger partial charge on any atom is -0.402 e. The van der Waals surface area contributed by atoms with Crippen LogP contribution in [0.25, 0.3) is 10.2 Å². The van der Waals surface area contributed by atoms with Crippen molar-refractivity contribution in [3.8, 4) is 0 Å². The zero-order valence-corrected chi connectivity index (χ0v) is 8.77. The van der Waals surface area contributed by atoms with Gasteiger partial charge in [0, 0.05) is 17.5 Å². The smallest absolute Gasteiger partial charge is 0.127 e.